The number of ether oxygens (including phenoxy) is 1. The van der Waals surface area contributed by atoms with Crippen molar-refractivity contribution >= 4 is 18.0 Å². The Morgan fingerprint density at radius 3 is 2.35 bits per heavy atom. The number of amides is 2. The maximum Gasteiger partial charge on any atom is 0.328 e. The molecule has 0 spiro atoms. The van der Waals surface area contributed by atoms with E-state index in [2.05, 4.69) is 10.6 Å². The van der Waals surface area contributed by atoms with Gasteiger partial charge in [-0.05, 0) is 39.5 Å². The third kappa shape index (κ3) is 5.07. The van der Waals surface area contributed by atoms with Crippen LogP contribution < -0.4 is 10.6 Å². The summed E-state index contributed by atoms with van der Waals surface area (Å²) in [5, 5.41) is 14.1. The Kier molecular flexibility index (Phi) is 6.27. The van der Waals surface area contributed by atoms with Crippen LogP contribution in [0.1, 0.15) is 39.5 Å². The summed E-state index contributed by atoms with van der Waals surface area (Å²) in [5.74, 6) is -1.56. The number of hydrogen-bond donors (Lipinski definition) is 3. The first kappa shape index (κ1) is 16.3. The molecule has 1 aliphatic carbocycles. The lowest BCUT2D eigenvalue weighted by Gasteiger charge is -2.27. The third-order valence-electron chi connectivity index (χ3n) is 3.40. The number of carbonyl (C=O) groups excluding carboxylic acids is 2. The van der Waals surface area contributed by atoms with E-state index in [0.717, 1.165) is 0 Å². The zero-order valence-corrected chi connectivity index (χ0v) is 11.8. The van der Waals surface area contributed by atoms with Crippen LogP contribution in [0, 0.1) is 5.92 Å². The Morgan fingerprint density at radius 1 is 1.25 bits per heavy atom. The molecule has 1 rings (SSSR count). The second-order valence-corrected chi connectivity index (χ2v) is 4.98. The van der Waals surface area contributed by atoms with Crippen LogP contribution in [-0.4, -0.2) is 41.8 Å². The van der Waals surface area contributed by atoms with E-state index in [-0.39, 0.29) is 18.6 Å². The fourth-order valence-corrected chi connectivity index (χ4v) is 2.23. The minimum Gasteiger partial charge on any atom is -0.481 e. The Labute approximate surface area is 118 Å². The minimum atomic E-state index is -0.774. The first-order chi connectivity index (χ1) is 9.43. The molecule has 1 unspecified atom stereocenters. The quantitative estimate of drug-likeness (QED) is 0.651. The molecule has 1 saturated carbocycles. The van der Waals surface area contributed by atoms with E-state index in [9.17, 15) is 14.4 Å². The molecule has 114 valence electrons. The summed E-state index contributed by atoms with van der Waals surface area (Å²) in [7, 11) is 0. The first-order valence-electron chi connectivity index (χ1n) is 6.90. The van der Waals surface area contributed by atoms with Crippen molar-refractivity contribution in [1.82, 2.24) is 10.6 Å². The van der Waals surface area contributed by atoms with Crippen LogP contribution in [-0.2, 0) is 14.3 Å². The normalized spacial score (nSPS) is 23.5. The topological polar surface area (TPSA) is 105 Å². The highest BCUT2D eigenvalue weighted by Crippen LogP contribution is 2.24. The molecule has 1 aliphatic rings. The van der Waals surface area contributed by atoms with E-state index in [0.29, 0.717) is 25.7 Å². The van der Waals surface area contributed by atoms with Crippen molar-refractivity contribution in [2.24, 2.45) is 5.92 Å². The smallest absolute Gasteiger partial charge is 0.328 e. The van der Waals surface area contributed by atoms with Crippen molar-refractivity contribution in [3.8, 4) is 0 Å². The minimum absolute atomic E-state index is 0.0417. The molecule has 2 amide bonds. The summed E-state index contributed by atoms with van der Waals surface area (Å²) in [6.07, 6.45) is 2.40. The monoisotopic (exact) mass is 286 g/mol. The van der Waals surface area contributed by atoms with E-state index in [4.69, 9.17) is 9.84 Å². The third-order valence-corrected chi connectivity index (χ3v) is 3.40. The molecule has 1 atom stereocenters. The lowest BCUT2D eigenvalue weighted by atomic mass is 9.86. The van der Waals surface area contributed by atoms with Crippen LogP contribution in [0.5, 0.6) is 0 Å². The van der Waals surface area contributed by atoms with Gasteiger partial charge in [-0.2, -0.15) is 0 Å². The number of carboxylic acids is 1. The van der Waals surface area contributed by atoms with E-state index >= 15 is 0 Å². The summed E-state index contributed by atoms with van der Waals surface area (Å²) in [5.41, 5.74) is 0. The number of nitrogens with one attached hydrogen (secondary N) is 2. The number of urea groups is 1. The molecule has 0 radical (unpaired) electrons. The number of hydrogen-bond acceptors (Lipinski definition) is 4. The van der Waals surface area contributed by atoms with Crippen LogP contribution in [0.2, 0.25) is 0 Å². The molecular weight excluding hydrogens is 264 g/mol. The lowest BCUT2D eigenvalue weighted by Crippen LogP contribution is -2.49. The summed E-state index contributed by atoms with van der Waals surface area (Å²) in [4.78, 5) is 33.9. The van der Waals surface area contributed by atoms with Crippen molar-refractivity contribution < 1.29 is 24.2 Å². The summed E-state index contributed by atoms with van der Waals surface area (Å²) in [6, 6.07) is -1.17. The Balaban J connectivity index is 2.30. The van der Waals surface area contributed by atoms with E-state index in [1.807, 2.05) is 0 Å². The maximum absolute atomic E-state index is 11.7. The molecule has 0 aromatic rings. The van der Waals surface area contributed by atoms with Gasteiger partial charge in [-0.3, -0.25) is 4.79 Å². The van der Waals surface area contributed by atoms with Gasteiger partial charge in [0.1, 0.15) is 6.04 Å². The zero-order chi connectivity index (χ0) is 15.1. The molecule has 0 aliphatic heterocycles. The highest BCUT2D eigenvalue weighted by molar-refractivity contribution is 5.83. The number of carbonyl (C=O) groups is 3. The molecule has 1 fully saturated rings. The van der Waals surface area contributed by atoms with Gasteiger partial charge in [-0.1, -0.05) is 0 Å². The second kappa shape index (κ2) is 7.72. The Hall–Kier alpha value is -1.79. The summed E-state index contributed by atoms with van der Waals surface area (Å²) >= 11 is 0. The van der Waals surface area contributed by atoms with Gasteiger partial charge < -0.3 is 20.5 Å². The van der Waals surface area contributed by atoms with Crippen molar-refractivity contribution in [2.75, 3.05) is 6.61 Å². The standard InChI is InChI=1S/C13H22N2O5/c1-3-20-12(18)8(2)14-13(19)15-10-6-4-9(5-7-10)11(16)17/h8-10H,3-7H2,1-2H3,(H,16,17)(H2,14,15,19). The van der Waals surface area contributed by atoms with Crippen LogP contribution in [0.3, 0.4) is 0 Å². The highest BCUT2D eigenvalue weighted by Gasteiger charge is 2.27. The van der Waals surface area contributed by atoms with E-state index in [1.165, 1.54) is 0 Å². The molecular formula is C13H22N2O5. The molecule has 0 saturated heterocycles. The Morgan fingerprint density at radius 2 is 1.85 bits per heavy atom. The molecule has 7 nitrogen and oxygen atoms in total. The molecule has 20 heavy (non-hydrogen) atoms. The number of esters is 1. The van der Waals surface area contributed by atoms with Crippen LogP contribution in [0.15, 0.2) is 0 Å². The lowest BCUT2D eigenvalue weighted by molar-refractivity contribution is -0.145. The second-order valence-electron chi connectivity index (χ2n) is 4.98. The molecule has 3 N–H and O–H groups in total. The van der Waals surface area contributed by atoms with Gasteiger partial charge >= 0.3 is 18.0 Å². The number of carboxylic acid groups (broad SMARTS) is 1. The SMILES string of the molecule is CCOC(=O)C(C)NC(=O)NC1CCC(C(=O)O)CC1. The van der Waals surface area contributed by atoms with Gasteiger partial charge in [0, 0.05) is 6.04 Å². The van der Waals surface area contributed by atoms with Crippen molar-refractivity contribution in [3.63, 3.8) is 0 Å². The maximum atomic E-state index is 11.7. The van der Waals surface area contributed by atoms with Gasteiger partial charge in [-0.15, -0.1) is 0 Å². The largest absolute Gasteiger partial charge is 0.481 e. The van der Waals surface area contributed by atoms with Crippen molar-refractivity contribution in [3.05, 3.63) is 0 Å². The van der Waals surface area contributed by atoms with Crippen LogP contribution in [0.4, 0.5) is 4.79 Å². The summed E-state index contributed by atoms with van der Waals surface area (Å²) < 4.78 is 4.79. The van der Waals surface area contributed by atoms with Gasteiger partial charge in [0.15, 0.2) is 0 Å². The Bertz CT molecular complexity index is 364. The number of aliphatic carboxylic acids is 1. The van der Waals surface area contributed by atoms with Crippen LogP contribution in [0.25, 0.3) is 0 Å². The average molecular weight is 286 g/mol. The fourth-order valence-electron chi connectivity index (χ4n) is 2.23. The molecule has 0 aromatic heterocycles. The van der Waals surface area contributed by atoms with E-state index < -0.39 is 24.0 Å². The van der Waals surface area contributed by atoms with Crippen molar-refractivity contribution in [1.29, 1.82) is 0 Å². The van der Waals surface area contributed by atoms with Gasteiger partial charge in [0.25, 0.3) is 0 Å². The predicted molar refractivity (Wildman–Crippen MR) is 71.1 cm³/mol. The van der Waals surface area contributed by atoms with Gasteiger partial charge in [-0.25, -0.2) is 9.59 Å². The van der Waals surface area contributed by atoms with Gasteiger partial charge in [0.2, 0.25) is 0 Å². The molecule has 0 aromatic carbocycles. The molecule has 0 bridgehead atoms. The number of rotatable bonds is 5. The van der Waals surface area contributed by atoms with E-state index in [1.54, 1.807) is 13.8 Å². The first-order valence-corrected chi connectivity index (χ1v) is 6.90. The molecule has 7 heteroatoms. The zero-order valence-electron chi connectivity index (χ0n) is 11.8. The van der Waals surface area contributed by atoms with Gasteiger partial charge in [0.05, 0.1) is 12.5 Å². The predicted octanol–water partition coefficient (Wildman–Crippen LogP) is 0.881. The average Bonchev–Trinajstić information content (AvgIpc) is 2.39. The fraction of sp³-hybridized carbons (Fsp3) is 0.769. The molecule has 0 heterocycles. The highest BCUT2D eigenvalue weighted by atomic mass is 16.5. The summed E-state index contributed by atoms with van der Waals surface area (Å²) in [6.45, 7) is 3.52. The van der Waals surface area contributed by atoms with Crippen LogP contribution >= 0.6 is 0 Å². The van der Waals surface area contributed by atoms with Crippen molar-refractivity contribution in [2.45, 2.75) is 51.6 Å².